The van der Waals surface area contributed by atoms with E-state index >= 15 is 0 Å². The molecule has 2 rings (SSSR count). The van der Waals surface area contributed by atoms with Crippen molar-refractivity contribution in [2.24, 2.45) is 0 Å². The molecule has 2 aromatic rings. The average molecular weight is 262 g/mol. The molecule has 1 aromatic heterocycles. The number of carbonyl (C=O) groups is 1. The Kier molecular flexibility index (Phi) is 3.48. The molecule has 0 aliphatic carbocycles. The molecule has 0 saturated heterocycles. The number of halogens is 1. The second-order valence-corrected chi connectivity index (χ2v) is 4.32. The molecule has 0 radical (unpaired) electrons. The molecule has 0 fully saturated rings. The minimum atomic E-state index is -0.340. The molecule has 0 saturated carbocycles. The van der Waals surface area contributed by atoms with Crippen LogP contribution in [-0.4, -0.2) is 10.9 Å². The molecule has 5 heteroatoms. The van der Waals surface area contributed by atoms with Crippen LogP contribution in [0.4, 0.5) is 11.4 Å². The lowest BCUT2D eigenvalue weighted by molar-refractivity contribution is 0.102. The molecule has 0 bridgehead atoms. The zero-order valence-corrected chi connectivity index (χ0v) is 10.5. The molecule has 0 atom stereocenters. The van der Waals surface area contributed by atoms with Gasteiger partial charge in [-0.1, -0.05) is 17.7 Å². The number of hydrogen-bond acceptors (Lipinski definition) is 3. The van der Waals surface area contributed by atoms with Crippen molar-refractivity contribution in [1.29, 1.82) is 0 Å². The van der Waals surface area contributed by atoms with E-state index in [1.165, 1.54) is 12.3 Å². The summed E-state index contributed by atoms with van der Waals surface area (Å²) in [6, 6.07) is 8.53. The smallest absolute Gasteiger partial charge is 0.274 e. The highest BCUT2D eigenvalue weighted by molar-refractivity contribution is 6.34. The molecule has 0 unspecified atom stereocenters. The van der Waals surface area contributed by atoms with Crippen molar-refractivity contribution >= 4 is 28.9 Å². The normalized spacial score (nSPS) is 10.1. The Labute approximate surface area is 110 Å². The third-order valence-corrected chi connectivity index (χ3v) is 2.70. The van der Waals surface area contributed by atoms with Gasteiger partial charge in [0.05, 0.1) is 10.7 Å². The minimum absolute atomic E-state index is 0.256. The van der Waals surface area contributed by atoms with Crippen LogP contribution in [0.15, 0.2) is 36.5 Å². The van der Waals surface area contributed by atoms with Gasteiger partial charge in [0, 0.05) is 11.9 Å². The Morgan fingerprint density at radius 1 is 1.33 bits per heavy atom. The highest BCUT2D eigenvalue weighted by Gasteiger charge is 2.09. The first-order chi connectivity index (χ1) is 8.56. The number of nitrogen functional groups attached to an aromatic ring is 1. The van der Waals surface area contributed by atoms with Crippen molar-refractivity contribution in [3.05, 3.63) is 52.8 Å². The van der Waals surface area contributed by atoms with Crippen LogP contribution in [0.5, 0.6) is 0 Å². The summed E-state index contributed by atoms with van der Waals surface area (Å²) in [5, 5.41) is 3.18. The average Bonchev–Trinajstić information content (AvgIpc) is 2.32. The van der Waals surface area contributed by atoms with Crippen molar-refractivity contribution in [3.63, 3.8) is 0 Å². The zero-order valence-electron chi connectivity index (χ0n) is 9.77. The Bertz CT molecular complexity index is 599. The maximum atomic E-state index is 11.9. The third-order valence-electron chi connectivity index (χ3n) is 2.39. The lowest BCUT2D eigenvalue weighted by Gasteiger charge is -2.07. The van der Waals surface area contributed by atoms with E-state index in [9.17, 15) is 4.79 Å². The molecular formula is C13H12ClN3O. The molecule has 3 N–H and O–H groups in total. The fourth-order valence-electron chi connectivity index (χ4n) is 1.48. The number of nitrogens with one attached hydrogen (secondary N) is 1. The van der Waals surface area contributed by atoms with Crippen LogP contribution in [0.1, 0.15) is 16.1 Å². The van der Waals surface area contributed by atoms with E-state index in [2.05, 4.69) is 10.3 Å². The van der Waals surface area contributed by atoms with Crippen LogP contribution >= 0.6 is 11.6 Å². The van der Waals surface area contributed by atoms with Crippen LogP contribution in [0, 0.1) is 6.92 Å². The molecule has 92 valence electrons. The fourth-order valence-corrected chi connectivity index (χ4v) is 1.76. The first-order valence-electron chi connectivity index (χ1n) is 5.35. The molecule has 0 aliphatic heterocycles. The minimum Gasteiger partial charge on any atom is -0.399 e. The maximum Gasteiger partial charge on any atom is 0.274 e. The van der Waals surface area contributed by atoms with Gasteiger partial charge in [-0.3, -0.25) is 9.78 Å². The van der Waals surface area contributed by atoms with Gasteiger partial charge in [0.1, 0.15) is 5.69 Å². The number of nitrogens with two attached hydrogens (primary N) is 1. The summed E-state index contributed by atoms with van der Waals surface area (Å²) in [5.41, 5.74) is 7.92. The summed E-state index contributed by atoms with van der Waals surface area (Å²) in [6.07, 6.45) is 1.49. The third kappa shape index (κ3) is 2.78. The predicted octanol–water partition coefficient (Wildman–Crippen LogP) is 2.88. The SMILES string of the molecule is Cc1ccc(NC(=O)c2cc(N)ccn2)c(Cl)c1. The summed E-state index contributed by atoms with van der Waals surface area (Å²) in [7, 11) is 0. The number of hydrogen-bond donors (Lipinski definition) is 2. The summed E-state index contributed by atoms with van der Waals surface area (Å²) in [5.74, 6) is -0.340. The van der Waals surface area contributed by atoms with E-state index in [-0.39, 0.29) is 11.6 Å². The summed E-state index contributed by atoms with van der Waals surface area (Å²) < 4.78 is 0. The second kappa shape index (κ2) is 5.06. The Morgan fingerprint density at radius 3 is 2.78 bits per heavy atom. The monoisotopic (exact) mass is 261 g/mol. The van der Waals surface area contributed by atoms with Crippen LogP contribution in [0.3, 0.4) is 0 Å². The molecule has 0 aliphatic rings. The van der Waals surface area contributed by atoms with Gasteiger partial charge in [-0.25, -0.2) is 0 Å². The van der Waals surface area contributed by atoms with Crippen molar-refractivity contribution < 1.29 is 4.79 Å². The molecule has 4 nitrogen and oxygen atoms in total. The summed E-state index contributed by atoms with van der Waals surface area (Å²) in [6.45, 7) is 1.93. The van der Waals surface area contributed by atoms with Crippen molar-refractivity contribution in [2.75, 3.05) is 11.1 Å². The van der Waals surface area contributed by atoms with Gasteiger partial charge in [0.2, 0.25) is 0 Å². The maximum absolute atomic E-state index is 11.9. The van der Waals surface area contributed by atoms with E-state index in [0.717, 1.165) is 5.56 Å². The second-order valence-electron chi connectivity index (χ2n) is 3.91. The number of rotatable bonds is 2. The number of aryl methyl sites for hydroxylation is 1. The van der Waals surface area contributed by atoms with E-state index < -0.39 is 0 Å². The summed E-state index contributed by atoms with van der Waals surface area (Å²) >= 11 is 6.03. The number of pyridine rings is 1. The van der Waals surface area contributed by atoms with Gasteiger partial charge in [-0.2, -0.15) is 0 Å². The Hall–Kier alpha value is -2.07. The number of aromatic nitrogens is 1. The van der Waals surface area contributed by atoms with E-state index in [4.69, 9.17) is 17.3 Å². The molecule has 1 heterocycles. The number of carbonyl (C=O) groups excluding carboxylic acids is 1. The van der Waals surface area contributed by atoms with Crippen molar-refractivity contribution in [3.8, 4) is 0 Å². The largest absolute Gasteiger partial charge is 0.399 e. The van der Waals surface area contributed by atoms with Crippen molar-refractivity contribution in [1.82, 2.24) is 4.98 Å². The number of nitrogens with zero attached hydrogens (tertiary/aromatic N) is 1. The van der Waals surface area contributed by atoms with E-state index in [1.54, 1.807) is 18.2 Å². The van der Waals surface area contributed by atoms with E-state index in [0.29, 0.717) is 16.4 Å². The first-order valence-corrected chi connectivity index (χ1v) is 5.73. The number of amides is 1. The number of anilines is 2. The van der Waals surface area contributed by atoms with Gasteiger partial charge in [0.25, 0.3) is 5.91 Å². The highest BCUT2D eigenvalue weighted by atomic mass is 35.5. The lowest BCUT2D eigenvalue weighted by Crippen LogP contribution is -2.14. The standard InChI is InChI=1S/C13H12ClN3O/c1-8-2-3-11(10(14)6-8)17-13(18)12-7-9(15)4-5-16-12/h2-7H,1H3,(H2,15,16)(H,17,18). The van der Waals surface area contributed by atoms with Gasteiger partial charge >= 0.3 is 0 Å². The Morgan fingerprint density at radius 2 is 2.11 bits per heavy atom. The fraction of sp³-hybridized carbons (Fsp3) is 0.0769. The van der Waals surface area contributed by atoms with Crippen LogP contribution in [0.2, 0.25) is 5.02 Å². The molecule has 0 spiro atoms. The lowest BCUT2D eigenvalue weighted by atomic mass is 10.2. The van der Waals surface area contributed by atoms with Gasteiger partial charge in [-0.05, 0) is 36.8 Å². The summed E-state index contributed by atoms with van der Waals surface area (Å²) in [4.78, 5) is 15.9. The van der Waals surface area contributed by atoms with Gasteiger partial charge in [0.15, 0.2) is 0 Å². The molecular weight excluding hydrogens is 250 g/mol. The Balaban J connectivity index is 2.21. The number of benzene rings is 1. The predicted molar refractivity (Wildman–Crippen MR) is 72.8 cm³/mol. The molecule has 18 heavy (non-hydrogen) atoms. The topological polar surface area (TPSA) is 68.0 Å². The van der Waals surface area contributed by atoms with Gasteiger partial charge in [-0.15, -0.1) is 0 Å². The van der Waals surface area contributed by atoms with Gasteiger partial charge < -0.3 is 11.1 Å². The molecule has 1 aromatic carbocycles. The first kappa shape index (κ1) is 12.4. The quantitative estimate of drug-likeness (QED) is 0.873. The van der Waals surface area contributed by atoms with Crippen LogP contribution in [-0.2, 0) is 0 Å². The molecule has 1 amide bonds. The van der Waals surface area contributed by atoms with Crippen LogP contribution in [0.25, 0.3) is 0 Å². The highest BCUT2D eigenvalue weighted by Crippen LogP contribution is 2.23. The van der Waals surface area contributed by atoms with E-state index in [1.807, 2.05) is 13.0 Å². The van der Waals surface area contributed by atoms with Crippen molar-refractivity contribution in [2.45, 2.75) is 6.92 Å². The zero-order chi connectivity index (χ0) is 13.1. The van der Waals surface area contributed by atoms with Crippen LogP contribution < -0.4 is 11.1 Å².